The van der Waals surface area contributed by atoms with Crippen LogP contribution in [0, 0.1) is 11.8 Å². The van der Waals surface area contributed by atoms with E-state index in [0.29, 0.717) is 0 Å². The van der Waals surface area contributed by atoms with Gasteiger partial charge in [0.05, 0.1) is 5.92 Å². The molecule has 0 fully saturated rings. The van der Waals surface area contributed by atoms with Gasteiger partial charge in [-0.05, 0) is 27.2 Å². The fraction of sp³-hybridized carbons (Fsp3) is 0.727. The topological polar surface area (TPSA) is 101 Å². The molecule has 0 amide bonds. The molecule has 17 heavy (non-hydrogen) atoms. The van der Waals surface area contributed by atoms with Crippen LogP contribution < -0.4 is 0 Å². The maximum absolute atomic E-state index is 11.7. The number of rotatable bonds is 5. The summed E-state index contributed by atoms with van der Waals surface area (Å²) in [4.78, 5) is 33.3. The minimum atomic E-state index is -1.77. The molecular weight excluding hydrogens is 228 g/mol. The first kappa shape index (κ1) is 15.4. The Morgan fingerprint density at radius 3 is 1.76 bits per heavy atom. The van der Waals surface area contributed by atoms with Crippen LogP contribution in [0.4, 0.5) is 0 Å². The highest BCUT2D eigenvalue weighted by Crippen LogP contribution is 2.21. The summed E-state index contributed by atoms with van der Waals surface area (Å²) in [5.74, 6) is -6.81. The molecule has 1 atom stereocenters. The van der Waals surface area contributed by atoms with E-state index in [9.17, 15) is 14.4 Å². The summed E-state index contributed by atoms with van der Waals surface area (Å²) < 4.78 is 5.01. The summed E-state index contributed by atoms with van der Waals surface area (Å²) in [6.07, 6.45) is 0.0954. The second-order valence-corrected chi connectivity index (χ2v) is 4.70. The maximum atomic E-state index is 11.7. The molecule has 0 aliphatic heterocycles. The van der Waals surface area contributed by atoms with Crippen LogP contribution in [-0.2, 0) is 19.1 Å². The van der Waals surface area contributed by atoms with E-state index in [-0.39, 0.29) is 6.42 Å². The van der Waals surface area contributed by atoms with E-state index in [1.807, 2.05) is 0 Å². The van der Waals surface area contributed by atoms with Gasteiger partial charge in [0.2, 0.25) is 0 Å². The molecule has 0 aromatic heterocycles. The lowest BCUT2D eigenvalue weighted by molar-refractivity contribution is -0.172. The molecule has 0 bridgehead atoms. The molecule has 6 heteroatoms. The summed E-state index contributed by atoms with van der Waals surface area (Å²) >= 11 is 0. The third-order valence-corrected chi connectivity index (χ3v) is 2.08. The molecule has 2 N–H and O–H groups in total. The molecular formula is C11H18O6. The molecule has 6 nitrogen and oxygen atoms in total. The molecule has 0 spiro atoms. The van der Waals surface area contributed by atoms with Gasteiger partial charge in [-0.25, -0.2) is 0 Å². The number of hydrogen-bond donors (Lipinski definition) is 2. The van der Waals surface area contributed by atoms with E-state index in [4.69, 9.17) is 14.9 Å². The zero-order valence-electron chi connectivity index (χ0n) is 10.4. The van der Waals surface area contributed by atoms with Gasteiger partial charge in [0.1, 0.15) is 5.60 Å². The second kappa shape index (κ2) is 5.65. The summed E-state index contributed by atoms with van der Waals surface area (Å²) in [5, 5.41) is 17.6. The Balaban J connectivity index is 4.98. The van der Waals surface area contributed by atoms with Gasteiger partial charge in [0.15, 0.2) is 5.92 Å². The third-order valence-electron chi connectivity index (χ3n) is 2.08. The Hall–Kier alpha value is -1.59. The smallest absolute Gasteiger partial charge is 0.318 e. The molecule has 0 heterocycles. The first-order valence-corrected chi connectivity index (χ1v) is 5.28. The van der Waals surface area contributed by atoms with Gasteiger partial charge in [-0.15, -0.1) is 0 Å². The highest BCUT2D eigenvalue weighted by atomic mass is 16.6. The predicted molar refractivity (Wildman–Crippen MR) is 58.4 cm³/mol. The van der Waals surface area contributed by atoms with Crippen molar-refractivity contribution in [3.05, 3.63) is 0 Å². The lowest BCUT2D eigenvalue weighted by atomic mass is 9.90. The molecule has 0 aliphatic carbocycles. The van der Waals surface area contributed by atoms with E-state index in [1.165, 1.54) is 0 Å². The van der Waals surface area contributed by atoms with Crippen LogP contribution in [0.2, 0.25) is 0 Å². The van der Waals surface area contributed by atoms with Crippen LogP contribution in [0.5, 0.6) is 0 Å². The van der Waals surface area contributed by atoms with Crippen LogP contribution in [0.25, 0.3) is 0 Å². The van der Waals surface area contributed by atoms with E-state index >= 15 is 0 Å². The molecule has 98 valence electrons. The molecule has 0 aliphatic rings. The minimum absolute atomic E-state index is 0.0954. The van der Waals surface area contributed by atoms with Crippen LogP contribution in [0.15, 0.2) is 0 Å². The highest BCUT2D eigenvalue weighted by Gasteiger charge is 2.40. The van der Waals surface area contributed by atoms with Crippen molar-refractivity contribution >= 4 is 17.9 Å². The monoisotopic (exact) mass is 246 g/mol. The second-order valence-electron chi connectivity index (χ2n) is 4.70. The van der Waals surface area contributed by atoms with Crippen molar-refractivity contribution in [2.45, 2.75) is 39.7 Å². The zero-order chi connectivity index (χ0) is 13.8. The van der Waals surface area contributed by atoms with Crippen molar-refractivity contribution in [3.8, 4) is 0 Å². The minimum Gasteiger partial charge on any atom is -0.481 e. The van der Waals surface area contributed by atoms with Crippen LogP contribution in [-0.4, -0.2) is 33.7 Å². The lowest BCUT2D eigenvalue weighted by Crippen LogP contribution is -2.39. The highest BCUT2D eigenvalue weighted by molar-refractivity contribution is 5.97. The van der Waals surface area contributed by atoms with Crippen LogP contribution in [0.1, 0.15) is 34.1 Å². The standard InChI is InChI=1S/C11H18O6/c1-5-6(7(8(12)13)9(14)15)10(16)17-11(2,3)4/h6-7H,5H2,1-4H3,(H,12,13)(H,14,15). The Bertz CT molecular complexity index is 300. The van der Waals surface area contributed by atoms with Gasteiger partial charge in [-0.3, -0.25) is 14.4 Å². The third kappa shape index (κ3) is 4.84. The molecule has 0 saturated heterocycles. The summed E-state index contributed by atoms with van der Waals surface area (Å²) in [5.41, 5.74) is -0.772. The average Bonchev–Trinajstić information content (AvgIpc) is 2.08. The summed E-state index contributed by atoms with van der Waals surface area (Å²) in [6.45, 7) is 6.45. The zero-order valence-corrected chi connectivity index (χ0v) is 10.4. The van der Waals surface area contributed by atoms with E-state index in [2.05, 4.69) is 0 Å². The number of ether oxygens (including phenoxy) is 1. The Morgan fingerprint density at radius 1 is 1.12 bits per heavy atom. The van der Waals surface area contributed by atoms with Crippen molar-refractivity contribution in [2.75, 3.05) is 0 Å². The summed E-state index contributed by atoms with van der Waals surface area (Å²) in [6, 6.07) is 0. The van der Waals surface area contributed by atoms with E-state index in [1.54, 1.807) is 27.7 Å². The van der Waals surface area contributed by atoms with Crippen molar-refractivity contribution in [3.63, 3.8) is 0 Å². The first-order valence-electron chi connectivity index (χ1n) is 5.28. The average molecular weight is 246 g/mol. The molecule has 0 radical (unpaired) electrons. The van der Waals surface area contributed by atoms with Gasteiger partial charge in [-0.2, -0.15) is 0 Å². The Kier molecular flexibility index (Phi) is 5.12. The van der Waals surface area contributed by atoms with Gasteiger partial charge in [0.25, 0.3) is 0 Å². The van der Waals surface area contributed by atoms with Gasteiger partial charge < -0.3 is 14.9 Å². The number of carbonyl (C=O) groups is 3. The van der Waals surface area contributed by atoms with Crippen molar-refractivity contribution in [1.82, 2.24) is 0 Å². The lowest BCUT2D eigenvalue weighted by Gasteiger charge is -2.25. The predicted octanol–water partition coefficient (Wildman–Crippen LogP) is 1.14. The number of esters is 1. The van der Waals surface area contributed by atoms with Crippen molar-refractivity contribution in [1.29, 1.82) is 0 Å². The normalized spacial score (nSPS) is 13.2. The van der Waals surface area contributed by atoms with Crippen molar-refractivity contribution in [2.24, 2.45) is 11.8 Å². The first-order chi connectivity index (χ1) is 7.60. The molecule has 1 unspecified atom stereocenters. The Labute approximate surface area is 99.6 Å². The SMILES string of the molecule is CCC(C(=O)OC(C)(C)C)C(C(=O)O)C(=O)O. The molecule has 0 saturated carbocycles. The fourth-order valence-corrected chi connectivity index (χ4v) is 1.37. The Morgan fingerprint density at radius 2 is 1.53 bits per heavy atom. The number of hydrogen-bond acceptors (Lipinski definition) is 4. The van der Waals surface area contributed by atoms with Crippen molar-refractivity contribution < 1.29 is 29.3 Å². The number of carboxylic acid groups (broad SMARTS) is 2. The van der Waals surface area contributed by atoms with Gasteiger partial charge in [0, 0.05) is 0 Å². The van der Waals surface area contributed by atoms with Crippen LogP contribution >= 0.6 is 0 Å². The number of aliphatic carboxylic acids is 2. The molecule has 0 aromatic carbocycles. The number of carboxylic acids is 2. The fourth-order valence-electron chi connectivity index (χ4n) is 1.37. The summed E-state index contributed by atoms with van der Waals surface area (Å²) in [7, 11) is 0. The van der Waals surface area contributed by atoms with Gasteiger partial charge in [-0.1, -0.05) is 6.92 Å². The van der Waals surface area contributed by atoms with Gasteiger partial charge >= 0.3 is 17.9 Å². The maximum Gasteiger partial charge on any atom is 0.318 e. The molecule has 0 aromatic rings. The van der Waals surface area contributed by atoms with E-state index < -0.39 is 35.3 Å². The molecule has 0 rings (SSSR count). The number of carbonyl (C=O) groups excluding carboxylic acids is 1. The van der Waals surface area contributed by atoms with Crippen LogP contribution in [0.3, 0.4) is 0 Å². The van der Waals surface area contributed by atoms with E-state index in [0.717, 1.165) is 0 Å². The quantitative estimate of drug-likeness (QED) is 0.557. The largest absolute Gasteiger partial charge is 0.481 e.